The van der Waals surface area contributed by atoms with E-state index in [4.69, 9.17) is 0 Å². The molecule has 0 fully saturated rings. The quantitative estimate of drug-likeness (QED) is 0.649. The maximum absolute atomic E-state index is 12.5. The molecular weight excluding hydrogens is 312 g/mol. The van der Waals surface area contributed by atoms with Gasteiger partial charge >= 0.3 is 0 Å². The third-order valence-corrected chi connectivity index (χ3v) is 4.43. The van der Waals surface area contributed by atoms with Gasteiger partial charge in [0.2, 0.25) is 0 Å². The van der Waals surface area contributed by atoms with Crippen LogP contribution >= 0.6 is 0 Å². The number of hydrogen-bond acceptors (Lipinski definition) is 2. The van der Waals surface area contributed by atoms with E-state index in [2.05, 4.69) is 22.8 Å². The summed E-state index contributed by atoms with van der Waals surface area (Å²) in [4.78, 5) is 25.1. The van der Waals surface area contributed by atoms with Crippen molar-refractivity contribution in [3.05, 3.63) is 83.9 Å². The fraction of sp³-hybridized carbons (Fsp3) is 0.238. The van der Waals surface area contributed by atoms with E-state index in [1.54, 1.807) is 24.3 Å². The summed E-state index contributed by atoms with van der Waals surface area (Å²) >= 11 is 0. The van der Waals surface area contributed by atoms with Gasteiger partial charge in [0.05, 0.1) is 0 Å². The van der Waals surface area contributed by atoms with Crippen LogP contribution in [0.2, 0.25) is 0 Å². The Morgan fingerprint density at radius 2 is 1.32 bits per heavy atom. The van der Waals surface area contributed by atoms with Crippen LogP contribution in [0, 0.1) is 5.92 Å². The van der Waals surface area contributed by atoms with Crippen molar-refractivity contribution in [2.24, 2.45) is 5.92 Å². The summed E-state index contributed by atoms with van der Waals surface area (Å²) in [6, 6.07) is 18.1. The number of carbonyl (C=O) groups is 2. The maximum Gasteiger partial charge on any atom is 0.252 e. The number of hydrogen-bond donors (Lipinski definition) is 2. The number of carbonyl (C=O) groups excluding carboxylic acids is 2. The lowest BCUT2D eigenvalue weighted by Crippen LogP contribution is -2.52. The first-order chi connectivity index (χ1) is 12.2. The molecule has 128 valence electrons. The third kappa shape index (κ3) is 4.57. The van der Waals surface area contributed by atoms with Gasteiger partial charge in [0.25, 0.3) is 11.8 Å². The van der Waals surface area contributed by atoms with E-state index in [-0.39, 0.29) is 17.7 Å². The van der Waals surface area contributed by atoms with Gasteiger partial charge in [0.15, 0.2) is 0 Å². The predicted molar refractivity (Wildman–Crippen MR) is 98.1 cm³/mol. The molecule has 2 N–H and O–H groups in total. The fourth-order valence-electron chi connectivity index (χ4n) is 3.02. The van der Waals surface area contributed by atoms with Gasteiger partial charge in [-0.05, 0) is 43.5 Å². The largest absolute Gasteiger partial charge is 0.332 e. The lowest BCUT2D eigenvalue weighted by Gasteiger charge is -2.29. The average molecular weight is 334 g/mol. The highest BCUT2D eigenvalue weighted by atomic mass is 16.2. The summed E-state index contributed by atoms with van der Waals surface area (Å²) in [5, 5.41) is 6.00. The Labute approximate surface area is 148 Å². The molecule has 3 rings (SSSR count). The molecule has 0 heterocycles. The molecule has 0 bridgehead atoms. The number of benzene rings is 2. The fourth-order valence-corrected chi connectivity index (χ4v) is 3.02. The van der Waals surface area contributed by atoms with E-state index in [9.17, 15) is 9.59 Å². The van der Waals surface area contributed by atoms with E-state index in [0.717, 1.165) is 19.3 Å². The van der Waals surface area contributed by atoms with Crippen LogP contribution in [-0.4, -0.2) is 18.0 Å². The molecule has 4 heteroatoms. The van der Waals surface area contributed by atoms with Crippen LogP contribution in [0.3, 0.4) is 0 Å². The van der Waals surface area contributed by atoms with Gasteiger partial charge in [-0.15, -0.1) is 0 Å². The topological polar surface area (TPSA) is 58.2 Å². The second kappa shape index (κ2) is 8.29. The van der Waals surface area contributed by atoms with Gasteiger partial charge in [-0.2, -0.15) is 0 Å². The normalized spacial score (nSPS) is 16.4. The summed E-state index contributed by atoms with van der Waals surface area (Å²) in [6.45, 7) is 0. The van der Waals surface area contributed by atoms with Gasteiger partial charge in [0, 0.05) is 17.0 Å². The molecule has 2 aromatic carbocycles. The van der Waals surface area contributed by atoms with Crippen LogP contribution in [0.5, 0.6) is 0 Å². The van der Waals surface area contributed by atoms with Crippen molar-refractivity contribution in [3.63, 3.8) is 0 Å². The Kier molecular flexibility index (Phi) is 5.62. The predicted octanol–water partition coefficient (Wildman–Crippen LogP) is 3.53. The van der Waals surface area contributed by atoms with Gasteiger partial charge < -0.3 is 10.6 Å². The molecule has 4 nitrogen and oxygen atoms in total. The zero-order valence-electron chi connectivity index (χ0n) is 14.0. The van der Waals surface area contributed by atoms with E-state index < -0.39 is 6.17 Å². The third-order valence-electron chi connectivity index (χ3n) is 4.43. The van der Waals surface area contributed by atoms with Gasteiger partial charge in [-0.1, -0.05) is 48.6 Å². The van der Waals surface area contributed by atoms with E-state index in [1.165, 1.54) is 0 Å². The second-order valence-corrected chi connectivity index (χ2v) is 6.20. The molecule has 1 unspecified atom stereocenters. The summed E-state index contributed by atoms with van der Waals surface area (Å²) in [7, 11) is 0. The number of amides is 2. The molecule has 0 saturated heterocycles. The minimum atomic E-state index is -0.398. The smallest absolute Gasteiger partial charge is 0.252 e. The summed E-state index contributed by atoms with van der Waals surface area (Å²) in [5.41, 5.74) is 1.18. The first-order valence-corrected chi connectivity index (χ1v) is 8.61. The molecule has 0 aromatic heterocycles. The number of rotatable bonds is 5. The average Bonchev–Trinajstić information content (AvgIpc) is 2.69. The SMILES string of the molecule is O=C(NC(NC(=O)c1ccccc1)C1CC=CCC1)c1ccccc1. The molecular formula is C21H22N2O2. The van der Waals surface area contributed by atoms with Crippen LogP contribution in [-0.2, 0) is 0 Å². The molecule has 2 aromatic rings. The number of nitrogens with one attached hydrogen (secondary N) is 2. The van der Waals surface area contributed by atoms with Gasteiger partial charge in [0.1, 0.15) is 6.17 Å². The monoisotopic (exact) mass is 334 g/mol. The Morgan fingerprint density at radius 1 is 0.800 bits per heavy atom. The van der Waals surface area contributed by atoms with Crippen LogP contribution in [0.4, 0.5) is 0 Å². The van der Waals surface area contributed by atoms with E-state index in [1.807, 2.05) is 36.4 Å². The van der Waals surface area contributed by atoms with Crippen molar-refractivity contribution >= 4 is 11.8 Å². The summed E-state index contributed by atoms with van der Waals surface area (Å²) < 4.78 is 0. The minimum absolute atomic E-state index is 0.173. The van der Waals surface area contributed by atoms with Crippen LogP contribution in [0.15, 0.2) is 72.8 Å². The summed E-state index contributed by atoms with van der Waals surface area (Å²) in [5.74, 6) is -0.160. The Balaban J connectivity index is 1.74. The van der Waals surface area contributed by atoms with E-state index >= 15 is 0 Å². The van der Waals surface area contributed by atoms with Crippen LogP contribution in [0.1, 0.15) is 40.0 Å². The Bertz CT molecular complexity index is 688. The first kappa shape index (κ1) is 17.0. The van der Waals surface area contributed by atoms with E-state index in [0.29, 0.717) is 11.1 Å². The maximum atomic E-state index is 12.5. The van der Waals surface area contributed by atoms with Crippen LogP contribution in [0.25, 0.3) is 0 Å². The molecule has 0 aliphatic heterocycles. The van der Waals surface area contributed by atoms with Crippen molar-refractivity contribution in [3.8, 4) is 0 Å². The molecule has 1 atom stereocenters. The molecule has 0 radical (unpaired) electrons. The molecule has 1 aliphatic carbocycles. The van der Waals surface area contributed by atoms with Crippen molar-refractivity contribution in [2.45, 2.75) is 25.4 Å². The molecule has 1 aliphatic rings. The lowest BCUT2D eigenvalue weighted by molar-refractivity contribution is 0.0848. The minimum Gasteiger partial charge on any atom is -0.332 e. The van der Waals surface area contributed by atoms with Crippen molar-refractivity contribution in [2.75, 3.05) is 0 Å². The lowest BCUT2D eigenvalue weighted by atomic mass is 9.91. The highest BCUT2D eigenvalue weighted by Crippen LogP contribution is 2.21. The zero-order chi connectivity index (χ0) is 17.5. The van der Waals surface area contributed by atoms with Crippen molar-refractivity contribution in [1.82, 2.24) is 10.6 Å². The second-order valence-electron chi connectivity index (χ2n) is 6.20. The summed E-state index contributed by atoms with van der Waals surface area (Å²) in [6.07, 6.45) is 6.60. The van der Waals surface area contributed by atoms with Gasteiger partial charge in [-0.3, -0.25) is 9.59 Å². The standard InChI is InChI=1S/C21H22N2O2/c24-20(17-12-6-2-7-13-17)22-19(16-10-4-1-5-11-16)23-21(25)18-14-8-3-9-15-18/h1-4,6-9,12-16,19H,5,10-11H2,(H,22,24)(H,23,25). The first-order valence-electron chi connectivity index (χ1n) is 8.61. The van der Waals surface area contributed by atoms with Crippen molar-refractivity contribution < 1.29 is 9.59 Å². The molecule has 0 saturated carbocycles. The van der Waals surface area contributed by atoms with Crippen LogP contribution < -0.4 is 10.6 Å². The Hall–Kier alpha value is -2.88. The van der Waals surface area contributed by atoms with Gasteiger partial charge in [-0.25, -0.2) is 0 Å². The zero-order valence-corrected chi connectivity index (χ0v) is 14.0. The number of allylic oxidation sites excluding steroid dienone is 2. The highest BCUT2D eigenvalue weighted by Gasteiger charge is 2.25. The molecule has 0 spiro atoms. The van der Waals surface area contributed by atoms with Crippen molar-refractivity contribution in [1.29, 1.82) is 0 Å². The molecule has 2 amide bonds. The highest BCUT2D eigenvalue weighted by molar-refractivity contribution is 5.96. The Morgan fingerprint density at radius 3 is 1.76 bits per heavy atom. The molecule has 25 heavy (non-hydrogen) atoms.